The number of amides is 1. The van der Waals surface area contributed by atoms with Gasteiger partial charge in [-0.2, -0.15) is 0 Å². The fourth-order valence-corrected chi connectivity index (χ4v) is 4.39. The number of benzene rings is 1. The molecule has 114 valence electrons. The predicted molar refractivity (Wildman–Crippen MR) is 87.9 cm³/mol. The molecule has 0 saturated carbocycles. The molecule has 1 aliphatic rings. The summed E-state index contributed by atoms with van der Waals surface area (Å²) < 4.78 is 0.626. The molecule has 1 N–H and O–H groups in total. The molecular formula is C14H15BrClNO3S. The average molecular weight is 393 g/mol. The van der Waals surface area contributed by atoms with Gasteiger partial charge >= 0.3 is 5.97 Å². The van der Waals surface area contributed by atoms with Crippen LogP contribution in [-0.4, -0.2) is 39.1 Å². The first-order valence-electron chi connectivity index (χ1n) is 6.58. The molecule has 1 aliphatic heterocycles. The largest absolute Gasteiger partial charge is 0.480 e. The maximum Gasteiger partial charge on any atom is 0.327 e. The topological polar surface area (TPSA) is 57.6 Å². The van der Waals surface area contributed by atoms with Crippen molar-refractivity contribution in [1.29, 1.82) is 0 Å². The molecule has 4 nitrogen and oxygen atoms in total. The molecule has 0 aromatic heterocycles. The number of carboxylic acid groups (broad SMARTS) is 1. The van der Waals surface area contributed by atoms with Gasteiger partial charge in [-0.25, -0.2) is 4.79 Å². The third-order valence-electron chi connectivity index (χ3n) is 3.33. The zero-order valence-corrected chi connectivity index (χ0v) is 14.5. The van der Waals surface area contributed by atoms with Crippen molar-refractivity contribution >= 4 is 51.2 Å². The van der Waals surface area contributed by atoms with E-state index in [9.17, 15) is 14.7 Å². The van der Waals surface area contributed by atoms with E-state index in [1.165, 1.54) is 16.7 Å². The van der Waals surface area contributed by atoms with Gasteiger partial charge < -0.3 is 10.0 Å². The minimum absolute atomic E-state index is 0.112. The Morgan fingerprint density at radius 2 is 2.24 bits per heavy atom. The summed E-state index contributed by atoms with van der Waals surface area (Å²) in [6.07, 6.45) is 1.66. The number of carboxylic acids is 1. The first-order valence-corrected chi connectivity index (χ1v) is 8.80. The summed E-state index contributed by atoms with van der Waals surface area (Å²) >= 11 is 11.0. The van der Waals surface area contributed by atoms with E-state index in [4.69, 9.17) is 11.6 Å². The third-order valence-corrected chi connectivity index (χ3v) is 5.98. The summed E-state index contributed by atoms with van der Waals surface area (Å²) in [6, 6.07) is 4.29. The van der Waals surface area contributed by atoms with E-state index in [0.29, 0.717) is 20.8 Å². The van der Waals surface area contributed by atoms with Crippen LogP contribution in [0.2, 0.25) is 5.02 Å². The molecule has 0 spiro atoms. The van der Waals surface area contributed by atoms with Gasteiger partial charge in [0.05, 0.1) is 16.0 Å². The van der Waals surface area contributed by atoms with Crippen LogP contribution in [-0.2, 0) is 4.79 Å². The number of aliphatic carboxylic acids is 1. The highest BCUT2D eigenvalue weighted by atomic mass is 79.9. The Morgan fingerprint density at radius 1 is 1.52 bits per heavy atom. The highest BCUT2D eigenvalue weighted by molar-refractivity contribution is 9.10. The maximum absolute atomic E-state index is 12.8. The van der Waals surface area contributed by atoms with Crippen molar-refractivity contribution in [1.82, 2.24) is 4.90 Å². The molecule has 1 aromatic carbocycles. The first kappa shape index (κ1) is 16.6. The molecule has 1 fully saturated rings. The lowest BCUT2D eigenvalue weighted by atomic mass is 10.1. The van der Waals surface area contributed by atoms with Crippen molar-refractivity contribution < 1.29 is 14.7 Å². The van der Waals surface area contributed by atoms with Gasteiger partial charge in [-0.15, -0.1) is 11.8 Å². The van der Waals surface area contributed by atoms with Crippen molar-refractivity contribution in [3.05, 3.63) is 33.3 Å². The van der Waals surface area contributed by atoms with E-state index in [0.717, 1.165) is 12.8 Å². The van der Waals surface area contributed by atoms with Crippen molar-refractivity contribution in [3.8, 4) is 0 Å². The lowest BCUT2D eigenvalue weighted by molar-refractivity contribution is -0.141. The second-order valence-electron chi connectivity index (χ2n) is 4.74. The van der Waals surface area contributed by atoms with Gasteiger partial charge in [0, 0.05) is 10.2 Å². The van der Waals surface area contributed by atoms with Crippen LogP contribution in [0, 0.1) is 0 Å². The van der Waals surface area contributed by atoms with Gasteiger partial charge in [-0.05, 0) is 34.5 Å². The van der Waals surface area contributed by atoms with E-state index in [2.05, 4.69) is 15.9 Å². The van der Waals surface area contributed by atoms with Gasteiger partial charge in [0.25, 0.3) is 5.91 Å². The van der Waals surface area contributed by atoms with Crippen LogP contribution < -0.4 is 0 Å². The summed E-state index contributed by atoms with van der Waals surface area (Å²) in [5.74, 6) is -0.880. The molecule has 1 amide bonds. The lowest BCUT2D eigenvalue weighted by Gasteiger charge is -2.27. The molecule has 1 aromatic rings. The van der Waals surface area contributed by atoms with Crippen molar-refractivity contribution in [2.75, 3.05) is 5.75 Å². The van der Waals surface area contributed by atoms with E-state index >= 15 is 0 Å². The smallest absolute Gasteiger partial charge is 0.327 e. The minimum Gasteiger partial charge on any atom is -0.480 e. The lowest BCUT2D eigenvalue weighted by Crippen LogP contribution is -2.45. The summed E-state index contributed by atoms with van der Waals surface area (Å²) in [5.41, 5.74) is 0.334. The number of nitrogens with zero attached hydrogens (tertiary/aromatic N) is 1. The standard InChI is InChI=1S/C14H15BrClNO3S/c1-2-4-11-17(10(7-21-11)14(19)20)13(18)8-5-3-6-9(15)12(8)16/h3,5-6,10-11H,2,4,7H2,1H3,(H,19,20). The second-order valence-corrected chi connectivity index (χ2v) is 7.19. The molecule has 1 saturated heterocycles. The number of hydrogen-bond donors (Lipinski definition) is 1. The van der Waals surface area contributed by atoms with Crippen LogP contribution in [0.4, 0.5) is 0 Å². The Morgan fingerprint density at radius 3 is 2.86 bits per heavy atom. The second kappa shape index (κ2) is 7.03. The summed E-state index contributed by atoms with van der Waals surface area (Å²) in [4.78, 5) is 25.6. The van der Waals surface area contributed by atoms with E-state index < -0.39 is 12.0 Å². The molecule has 0 bridgehead atoms. The quantitative estimate of drug-likeness (QED) is 0.845. The Hall–Kier alpha value is -0.720. The fourth-order valence-electron chi connectivity index (χ4n) is 2.30. The van der Waals surface area contributed by atoms with E-state index in [1.807, 2.05) is 6.92 Å². The highest BCUT2D eigenvalue weighted by Crippen LogP contribution is 2.35. The van der Waals surface area contributed by atoms with Crippen molar-refractivity contribution in [2.45, 2.75) is 31.2 Å². The Labute approximate surface area is 141 Å². The van der Waals surface area contributed by atoms with Crippen LogP contribution in [0.5, 0.6) is 0 Å². The van der Waals surface area contributed by atoms with Crippen molar-refractivity contribution in [3.63, 3.8) is 0 Å². The summed E-state index contributed by atoms with van der Waals surface area (Å²) in [7, 11) is 0. The van der Waals surface area contributed by atoms with Gasteiger partial charge in [0.15, 0.2) is 0 Å². The molecule has 2 atom stereocenters. The minimum atomic E-state index is -0.972. The molecule has 21 heavy (non-hydrogen) atoms. The van der Waals surface area contributed by atoms with Gasteiger partial charge in [-0.3, -0.25) is 4.79 Å². The van der Waals surface area contributed by atoms with Gasteiger partial charge in [0.1, 0.15) is 6.04 Å². The monoisotopic (exact) mass is 391 g/mol. The molecule has 7 heteroatoms. The van der Waals surface area contributed by atoms with E-state index in [-0.39, 0.29) is 11.3 Å². The van der Waals surface area contributed by atoms with Crippen LogP contribution in [0.1, 0.15) is 30.1 Å². The van der Waals surface area contributed by atoms with E-state index in [1.54, 1.807) is 18.2 Å². The van der Waals surface area contributed by atoms with Crippen LogP contribution in [0.25, 0.3) is 0 Å². The highest BCUT2D eigenvalue weighted by Gasteiger charge is 2.41. The predicted octanol–water partition coefficient (Wildman–Crippen LogP) is 3.87. The van der Waals surface area contributed by atoms with Crippen LogP contribution in [0.15, 0.2) is 22.7 Å². The number of rotatable bonds is 4. The molecular weight excluding hydrogens is 378 g/mol. The zero-order valence-electron chi connectivity index (χ0n) is 11.4. The molecule has 2 rings (SSSR count). The third kappa shape index (κ3) is 3.38. The van der Waals surface area contributed by atoms with Crippen molar-refractivity contribution in [2.24, 2.45) is 0 Å². The summed E-state index contributed by atoms with van der Waals surface area (Å²) in [5, 5.41) is 9.55. The van der Waals surface area contributed by atoms with Crippen LogP contribution >= 0.6 is 39.3 Å². The average Bonchev–Trinajstić information content (AvgIpc) is 2.85. The number of thioether (sulfide) groups is 1. The van der Waals surface area contributed by atoms with Gasteiger partial charge in [0.2, 0.25) is 0 Å². The number of halogens is 2. The van der Waals surface area contributed by atoms with Gasteiger partial charge in [-0.1, -0.05) is 31.0 Å². The number of carbonyl (C=O) groups excluding carboxylic acids is 1. The molecule has 0 radical (unpaired) electrons. The Balaban J connectivity index is 2.37. The maximum atomic E-state index is 12.8. The molecule has 1 heterocycles. The van der Waals surface area contributed by atoms with Crippen LogP contribution in [0.3, 0.4) is 0 Å². The Bertz CT molecular complexity index is 569. The SMILES string of the molecule is CCCC1SCC(C(=O)O)N1C(=O)c1cccc(Br)c1Cl. The molecule has 0 aliphatic carbocycles. The normalized spacial score (nSPS) is 21.6. The number of carbonyl (C=O) groups is 2. The molecule has 2 unspecified atom stereocenters. The number of hydrogen-bond acceptors (Lipinski definition) is 3. The summed E-state index contributed by atoms with van der Waals surface area (Å²) in [6.45, 7) is 2.02. The fraction of sp³-hybridized carbons (Fsp3) is 0.429. The Kier molecular flexibility index (Phi) is 5.57. The first-order chi connectivity index (χ1) is 9.97. The zero-order chi connectivity index (χ0) is 15.6.